The zero-order valence-corrected chi connectivity index (χ0v) is 9.92. The lowest BCUT2D eigenvalue weighted by Crippen LogP contribution is -1.87. The second-order valence-corrected chi connectivity index (χ2v) is 3.89. The Bertz CT molecular complexity index is 237. The minimum absolute atomic E-state index is 0.411. The first-order valence-corrected chi connectivity index (χ1v) is 5.71. The molecule has 0 amide bonds. The number of aromatic hydroxyl groups is 1. The molecule has 0 spiro atoms. The van der Waals surface area contributed by atoms with Crippen molar-refractivity contribution in [2.24, 2.45) is 0 Å². The maximum atomic E-state index is 9.24. The van der Waals surface area contributed by atoms with Gasteiger partial charge in [-0.25, -0.2) is 0 Å². The van der Waals surface area contributed by atoms with Gasteiger partial charge in [-0.05, 0) is 40.3 Å². The highest BCUT2D eigenvalue weighted by molar-refractivity contribution is 14.1. The summed E-state index contributed by atoms with van der Waals surface area (Å²) in [6, 6.07) is 6.80. The topological polar surface area (TPSA) is 20.2 Å². The summed E-state index contributed by atoms with van der Waals surface area (Å²) in [5, 5.41) is 9.24. The second-order valence-electron chi connectivity index (χ2n) is 2.10. The number of hydrogen-bond donors (Lipinski definition) is 1. The second kappa shape index (κ2) is 3.38. The van der Waals surface area contributed by atoms with Crippen LogP contribution in [0.3, 0.4) is 0 Å². The van der Waals surface area contributed by atoms with E-state index < -0.39 is 0 Å². The summed E-state index contributed by atoms with van der Waals surface area (Å²) in [7, 11) is 1.16. The standard InChI is InChI=1S/C7H9IOSi/c8-7-5(4-10)2-1-3-6(7)9/h1-3,9H,4H2,10H3. The Kier molecular flexibility index (Phi) is 2.73. The molecule has 0 saturated carbocycles. The molecule has 54 valence electrons. The van der Waals surface area contributed by atoms with E-state index in [4.69, 9.17) is 0 Å². The quantitative estimate of drug-likeness (QED) is 0.589. The van der Waals surface area contributed by atoms with Gasteiger partial charge in [-0.1, -0.05) is 12.1 Å². The highest BCUT2D eigenvalue weighted by Gasteiger charge is 1.99. The van der Waals surface area contributed by atoms with Crippen LogP contribution < -0.4 is 0 Å². The molecule has 1 aromatic rings. The zero-order valence-electron chi connectivity index (χ0n) is 5.76. The maximum Gasteiger partial charge on any atom is 0.129 e. The van der Waals surface area contributed by atoms with E-state index in [1.54, 1.807) is 6.07 Å². The van der Waals surface area contributed by atoms with Crippen molar-refractivity contribution in [1.29, 1.82) is 0 Å². The third-order valence-electron chi connectivity index (χ3n) is 1.44. The molecule has 0 aliphatic carbocycles. The van der Waals surface area contributed by atoms with Crippen LogP contribution in [0.4, 0.5) is 0 Å². The monoisotopic (exact) mass is 264 g/mol. The molecule has 0 fully saturated rings. The lowest BCUT2D eigenvalue weighted by atomic mass is 10.2. The van der Waals surface area contributed by atoms with Gasteiger partial charge in [0.05, 0.1) is 3.57 Å². The first-order valence-electron chi connectivity index (χ1n) is 3.22. The molecule has 0 aliphatic heterocycles. The molecule has 0 heterocycles. The van der Waals surface area contributed by atoms with Crippen molar-refractivity contribution in [3.05, 3.63) is 27.3 Å². The van der Waals surface area contributed by atoms with Crippen LogP contribution in [0.1, 0.15) is 5.56 Å². The molecule has 10 heavy (non-hydrogen) atoms. The zero-order chi connectivity index (χ0) is 7.56. The lowest BCUT2D eigenvalue weighted by Gasteiger charge is -2.01. The summed E-state index contributed by atoms with van der Waals surface area (Å²) < 4.78 is 1.01. The van der Waals surface area contributed by atoms with E-state index in [1.807, 2.05) is 6.07 Å². The SMILES string of the molecule is Oc1cccc(C[SiH3])c1I. The van der Waals surface area contributed by atoms with E-state index in [-0.39, 0.29) is 0 Å². The van der Waals surface area contributed by atoms with Crippen LogP contribution in [0.25, 0.3) is 0 Å². The smallest absolute Gasteiger partial charge is 0.129 e. The Hall–Kier alpha value is -0.0331. The van der Waals surface area contributed by atoms with Crippen molar-refractivity contribution >= 4 is 32.8 Å². The van der Waals surface area contributed by atoms with E-state index in [0.717, 1.165) is 19.9 Å². The molecule has 1 N–H and O–H groups in total. The third-order valence-corrected chi connectivity index (χ3v) is 3.45. The van der Waals surface area contributed by atoms with Gasteiger partial charge < -0.3 is 5.11 Å². The van der Waals surface area contributed by atoms with Crippen LogP contribution >= 0.6 is 22.6 Å². The molecule has 0 radical (unpaired) electrons. The molecule has 1 rings (SSSR count). The van der Waals surface area contributed by atoms with Gasteiger partial charge in [0.1, 0.15) is 5.75 Å². The highest BCUT2D eigenvalue weighted by atomic mass is 127. The number of phenolic OH excluding ortho intramolecular Hbond substituents is 1. The normalized spacial score (nSPS) is 10.1. The van der Waals surface area contributed by atoms with Crippen molar-refractivity contribution in [2.45, 2.75) is 6.04 Å². The minimum atomic E-state index is 0.411. The average molecular weight is 264 g/mol. The molecule has 0 unspecified atom stereocenters. The van der Waals surface area contributed by atoms with Crippen LogP contribution in [-0.2, 0) is 6.04 Å². The fourth-order valence-electron chi connectivity index (χ4n) is 0.839. The van der Waals surface area contributed by atoms with Gasteiger partial charge in [0.25, 0.3) is 0 Å². The molecule has 0 atom stereocenters. The van der Waals surface area contributed by atoms with E-state index >= 15 is 0 Å². The number of hydrogen-bond acceptors (Lipinski definition) is 1. The van der Waals surface area contributed by atoms with Crippen LogP contribution in [0.15, 0.2) is 18.2 Å². The summed E-state index contributed by atoms with van der Waals surface area (Å²) >= 11 is 2.18. The van der Waals surface area contributed by atoms with Gasteiger partial charge >= 0.3 is 0 Å². The predicted octanol–water partition coefficient (Wildman–Crippen LogP) is 0.862. The van der Waals surface area contributed by atoms with Gasteiger partial charge in [0, 0.05) is 10.2 Å². The molecule has 0 saturated heterocycles. The van der Waals surface area contributed by atoms with E-state index in [0.29, 0.717) is 5.75 Å². The molecule has 1 aromatic carbocycles. The molecule has 1 nitrogen and oxygen atoms in total. The maximum absolute atomic E-state index is 9.24. The molecular weight excluding hydrogens is 255 g/mol. The number of phenols is 1. The molecule has 0 aromatic heterocycles. The fraction of sp³-hybridized carbons (Fsp3) is 0.143. The van der Waals surface area contributed by atoms with Crippen molar-refractivity contribution in [2.75, 3.05) is 0 Å². The Labute approximate surface area is 77.0 Å². The Morgan fingerprint density at radius 2 is 2.20 bits per heavy atom. The van der Waals surface area contributed by atoms with Gasteiger partial charge in [-0.15, -0.1) is 0 Å². The van der Waals surface area contributed by atoms with Crippen LogP contribution in [0.2, 0.25) is 0 Å². The predicted molar refractivity (Wildman–Crippen MR) is 54.5 cm³/mol. The minimum Gasteiger partial charge on any atom is -0.507 e. The third kappa shape index (κ3) is 1.52. The van der Waals surface area contributed by atoms with Crippen LogP contribution in [0, 0.1) is 3.57 Å². The summed E-state index contributed by atoms with van der Waals surface area (Å²) in [6.07, 6.45) is 0. The largest absolute Gasteiger partial charge is 0.507 e. The molecular formula is C7H9IOSi. The van der Waals surface area contributed by atoms with Gasteiger partial charge in [0.2, 0.25) is 0 Å². The van der Waals surface area contributed by atoms with E-state index in [2.05, 4.69) is 28.7 Å². The van der Waals surface area contributed by atoms with Crippen LogP contribution in [0.5, 0.6) is 5.75 Å². The van der Waals surface area contributed by atoms with Crippen molar-refractivity contribution < 1.29 is 5.11 Å². The number of rotatable bonds is 1. The Morgan fingerprint density at radius 1 is 1.50 bits per heavy atom. The van der Waals surface area contributed by atoms with Crippen molar-refractivity contribution in [3.63, 3.8) is 0 Å². The first kappa shape index (κ1) is 8.07. The fourth-order valence-corrected chi connectivity index (χ4v) is 2.89. The summed E-state index contributed by atoms with van der Waals surface area (Å²) in [5.74, 6) is 0.411. The Balaban J connectivity index is 3.14. The van der Waals surface area contributed by atoms with Gasteiger partial charge in [-0.3, -0.25) is 0 Å². The molecule has 3 heteroatoms. The molecule has 0 aliphatic rings. The van der Waals surface area contributed by atoms with E-state index in [1.165, 1.54) is 5.56 Å². The van der Waals surface area contributed by atoms with Crippen molar-refractivity contribution in [3.8, 4) is 5.75 Å². The lowest BCUT2D eigenvalue weighted by molar-refractivity contribution is 0.471. The van der Waals surface area contributed by atoms with Crippen molar-refractivity contribution in [1.82, 2.24) is 0 Å². The average Bonchev–Trinajstić information content (AvgIpc) is 1.95. The highest BCUT2D eigenvalue weighted by Crippen LogP contribution is 2.22. The van der Waals surface area contributed by atoms with E-state index in [9.17, 15) is 5.11 Å². The van der Waals surface area contributed by atoms with Gasteiger partial charge in [0.15, 0.2) is 0 Å². The summed E-state index contributed by atoms with van der Waals surface area (Å²) in [4.78, 5) is 0. The summed E-state index contributed by atoms with van der Waals surface area (Å²) in [6.45, 7) is 0. The molecule has 0 bridgehead atoms. The number of benzene rings is 1. The Morgan fingerprint density at radius 3 is 2.70 bits per heavy atom. The van der Waals surface area contributed by atoms with Crippen LogP contribution in [-0.4, -0.2) is 15.3 Å². The van der Waals surface area contributed by atoms with Gasteiger partial charge in [-0.2, -0.15) is 0 Å². The first-order chi connectivity index (χ1) is 4.75. The summed E-state index contributed by atoms with van der Waals surface area (Å²) in [5.41, 5.74) is 1.27. The number of halogens is 1.